The summed E-state index contributed by atoms with van der Waals surface area (Å²) in [5.74, 6) is -0.314. The SMILES string of the molecule is Cc1ccc(CNC(C)C(O)c2ccc(F)c(F)c2)o1. The van der Waals surface area contributed by atoms with Gasteiger partial charge in [0, 0.05) is 6.04 Å². The first-order valence-electron chi connectivity index (χ1n) is 6.39. The molecule has 0 aliphatic heterocycles. The lowest BCUT2D eigenvalue weighted by atomic mass is 10.0. The van der Waals surface area contributed by atoms with Crippen molar-refractivity contribution in [2.75, 3.05) is 0 Å². The van der Waals surface area contributed by atoms with E-state index in [0.29, 0.717) is 12.1 Å². The molecule has 0 saturated carbocycles. The van der Waals surface area contributed by atoms with Crippen LogP contribution in [0.1, 0.15) is 30.1 Å². The third-order valence-electron chi connectivity index (χ3n) is 3.15. The summed E-state index contributed by atoms with van der Waals surface area (Å²) in [5, 5.41) is 13.2. The van der Waals surface area contributed by atoms with Gasteiger partial charge in [0.15, 0.2) is 11.6 Å². The van der Waals surface area contributed by atoms with Gasteiger partial charge in [-0.3, -0.25) is 0 Å². The largest absolute Gasteiger partial charge is 0.465 e. The molecule has 0 aliphatic rings. The van der Waals surface area contributed by atoms with E-state index in [4.69, 9.17) is 4.42 Å². The second kappa shape index (κ2) is 6.15. The van der Waals surface area contributed by atoms with E-state index in [9.17, 15) is 13.9 Å². The normalized spacial score (nSPS) is 14.2. The lowest BCUT2D eigenvalue weighted by molar-refractivity contribution is 0.133. The fourth-order valence-electron chi connectivity index (χ4n) is 1.94. The van der Waals surface area contributed by atoms with E-state index in [1.54, 1.807) is 6.92 Å². The first-order chi connectivity index (χ1) is 9.47. The van der Waals surface area contributed by atoms with E-state index in [-0.39, 0.29) is 6.04 Å². The molecule has 0 saturated heterocycles. The summed E-state index contributed by atoms with van der Waals surface area (Å²) in [7, 11) is 0. The van der Waals surface area contributed by atoms with Crippen LogP contribution in [0.5, 0.6) is 0 Å². The zero-order valence-electron chi connectivity index (χ0n) is 11.4. The van der Waals surface area contributed by atoms with E-state index in [1.165, 1.54) is 6.07 Å². The molecule has 2 N–H and O–H groups in total. The quantitative estimate of drug-likeness (QED) is 0.885. The third-order valence-corrected chi connectivity index (χ3v) is 3.15. The van der Waals surface area contributed by atoms with Crippen molar-refractivity contribution in [3.63, 3.8) is 0 Å². The standard InChI is InChI=1S/C15H17F2NO2/c1-9-3-5-12(20-9)8-18-10(2)15(19)11-4-6-13(16)14(17)7-11/h3-7,10,15,18-19H,8H2,1-2H3. The first kappa shape index (κ1) is 14.7. The van der Waals surface area contributed by atoms with Crippen molar-refractivity contribution in [2.24, 2.45) is 0 Å². The topological polar surface area (TPSA) is 45.4 Å². The smallest absolute Gasteiger partial charge is 0.159 e. The molecule has 0 spiro atoms. The molecule has 1 aromatic carbocycles. The maximum Gasteiger partial charge on any atom is 0.159 e. The van der Waals surface area contributed by atoms with Gasteiger partial charge in [-0.05, 0) is 43.7 Å². The molecule has 0 radical (unpaired) electrons. The van der Waals surface area contributed by atoms with Crippen LogP contribution in [0.4, 0.5) is 8.78 Å². The number of furan rings is 1. The zero-order valence-corrected chi connectivity index (χ0v) is 11.4. The van der Waals surface area contributed by atoms with Gasteiger partial charge in [-0.1, -0.05) is 6.07 Å². The second-order valence-corrected chi connectivity index (χ2v) is 4.80. The highest BCUT2D eigenvalue weighted by atomic mass is 19.2. The molecule has 1 aromatic heterocycles. The Morgan fingerprint density at radius 1 is 1.20 bits per heavy atom. The molecule has 0 fully saturated rings. The van der Waals surface area contributed by atoms with Crippen LogP contribution < -0.4 is 5.32 Å². The molecule has 2 aromatic rings. The van der Waals surface area contributed by atoms with Crippen molar-refractivity contribution in [3.8, 4) is 0 Å². The number of rotatable bonds is 5. The van der Waals surface area contributed by atoms with E-state index >= 15 is 0 Å². The van der Waals surface area contributed by atoms with Gasteiger partial charge in [-0.25, -0.2) is 8.78 Å². The number of aryl methyl sites for hydroxylation is 1. The highest BCUT2D eigenvalue weighted by Crippen LogP contribution is 2.19. The number of hydrogen-bond donors (Lipinski definition) is 2. The lowest BCUT2D eigenvalue weighted by Crippen LogP contribution is -2.31. The summed E-state index contributed by atoms with van der Waals surface area (Å²) in [6.07, 6.45) is -0.929. The van der Waals surface area contributed by atoms with Gasteiger partial charge in [0.25, 0.3) is 0 Å². The van der Waals surface area contributed by atoms with Crippen molar-refractivity contribution in [1.82, 2.24) is 5.32 Å². The van der Waals surface area contributed by atoms with Crippen LogP contribution >= 0.6 is 0 Å². The number of aliphatic hydroxyl groups excluding tert-OH is 1. The molecule has 3 nitrogen and oxygen atoms in total. The van der Waals surface area contributed by atoms with Crippen molar-refractivity contribution in [3.05, 3.63) is 59.1 Å². The summed E-state index contributed by atoms with van der Waals surface area (Å²) in [4.78, 5) is 0. The van der Waals surface area contributed by atoms with Gasteiger partial charge in [-0.2, -0.15) is 0 Å². The van der Waals surface area contributed by atoms with Crippen molar-refractivity contribution < 1.29 is 18.3 Å². The van der Waals surface area contributed by atoms with Crippen molar-refractivity contribution in [2.45, 2.75) is 32.5 Å². The maximum atomic E-state index is 13.1. The molecule has 20 heavy (non-hydrogen) atoms. The molecule has 0 bridgehead atoms. The van der Waals surface area contributed by atoms with Gasteiger partial charge in [0.1, 0.15) is 11.5 Å². The summed E-state index contributed by atoms with van der Waals surface area (Å²) < 4.78 is 31.4. The predicted molar refractivity (Wildman–Crippen MR) is 71.1 cm³/mol. The molecule has 1 heterocycles. The number of hydrogen-bond acceptors (Lipinski definition) is 3. The fourth-order valence-corrected chi connectivity index (χ4v) is 1.94. The summed E-state index contributed by atoms with van der Waals surface area (Å²) in [6, 6.07) is 6.77. The van der Waals surface area contributed by atoms with E-state index < -0.39 is 17.7 Å². The molecule has 0 amide bonds. The van der Waals surface area contributed by atoms with Crippen molar-refractivity contribution in [1.29, 1.82) is 0 Å². The van der Waals surface area contributed by atoms with E-state index in [2.05, 4.69) is 5.32 Å². The minimum atomic E-state index is -0.963. The van der Waals surface area contributed by atoms with Gasteiger partial charge >= 0.3 is 0 Å². The van der Waals surface area contributed by atoms with Gasteiger partial charge in [0.2, 0.25) is 0 Å². The minimum absolute atomic E-state index is 0.328. The van der Waals surface area contributed by atoms with Crippen LogP contribution in [0, 0.1) is 18.6 Å². The van der Waals surface area contributed by atoms with Crippen LogP contribution in [0.15, 0.2) is 34.7 Å². The number of benzene rings is 1. The van der Waals surface area contributed by atoms with Crippen LogP contribution in [-0.2, 0) is 6.54 Å². The Balaban J connectivity index is 1.97. The molecule has 108 valence electrons. The number of halogens is 2. The highest BCUT2D eigenvalue weighted by molar-refractivity contribution is 5.21. The van der Waals surface area contributed by atoms with Crippen molar-refractivity contribution >= 4 is 0 Å². The Labute approximate surface area is 116 Å². The summed E-state index contributed by atoms with van der Waals surface area (Å²) in [6.45, 7) is 4.07. The predicted octanol–water partition coefficient (Wildman–Crippen LogP) is 3.08. The van der Waals surface area contributed by atoms with Gasteiger partial charge in [0.05, 0.1) is 12.6 Å². The van der Waals surface area contributed by atoms with Crippen LogP contribution in [0.25, 0.3) is 0 Å². The van der Waals surface area contributed by atoms with Crippen LogP contribution in [-0.4, -0.2) is 11.1 Å². The van der Waals surface area contributed by atoms with Crippen LogP contribution in [0.3, 0.4) is 0 Å². The Morgan fingerprint density at radius 2 is 1.95 bits per heavy atom. The highest BCUT2D eigenvalue weighted by Gasteiger charge is 2.18. The zero-order chi connectivity index (χ0) is 14.7. The molecule has 5 heteroatoms. The Kier molecular flexibility index (Phi) is 4.52. The minimum Gasteiger partial charge on any atom is -0.465 e. The van der Waals surface area contributed by atoms with E-state index in [1.807, 2.05) is 19.1 Å². The average Bonchev–Trinajstić information content (AvgIpc) is 2.84. The molecule has 2 rings (SSSR count). The van der Waals surface area contributed by atoms with E-state index in [0.717, 1.165) is 23.7 Å². The molecular formula is C15H17F2NO2. The third kappa shape index (κ3) is 3.43. The summed E-state index contributed by atoms with van der Waals surface area (Å²) in [5.41, 5.74) is 0.333. The van der Waals surface area contributed by atoms with Gasteiger partial charge < -0.3 is 14.8 Å². The Hall–Kier alpha value is -1.72. The van der Waals surface area contributed by atoms with Crippen LogP contribution in [0.2, 0.25) is 0 Å². The Morgan fingerprint density at radius 3 is 2.55 bits per heavy atom. The van der Waals surface area contributed by atoms with Gasteiger partial charge in [-0.15, -0.1) is 0 Å². The number of nitrogens with one attached hydrogen (secondary N) is 1. The monoisotopic (exact) mass is 281 g/mol. The molecule has 2 atom stereocenters. The molecule has 2 unspecified atom stereocenters. The Bertz CT molecular complexity index is 583. The molecule has 0 aliphatic carbocycles. The maximum absolute atomic E-state index is 13.1. The average molecular weight is 281 g/mol. The lowest BCUT2D eigenvalue weighted by Gasteiger charge is -2.20. The first-order valence-corrected chi connectivity index (χ1v) is 6.39. The summed E-state index contributed by atoms with van der Waals surface area (Å²) >= 11 is 0. The number of aliphatic hydroxyl groups is 1. The second-order valence-electron chi connectivity index (χ2n) is 4.80. The fraction of sp³-hybridized carbons (Fsp3) is 0.333. The molecular weight excluding hydrogens is 264 g/mol.